The second-order valence-electron chi connectivity index (χ2n) is 5.66. The smallest absolute Gasteiger partial charge is 0.345 e. The Balaban J connectivity index is 1.64. The van der Waals surface area contributed by atoms with Crippen LogP contribution >= 0.6 is 11.3 Å². The number of hydrogen-bond donors (Lipinski definition) is 2. The van der Waals surface area contributed by atoms with Gasteiger partial charge in [-0.2, -0.15) is 0 Å². The minimum Gasteiger partial charge on any atom is -0.872 e. The third kappa shape index (κ3) is 3.25. The summed E-state index contributed by atoms with van der Waals surface area (Å²) in [5, 5.41) is 26.6. The Morgan fingerprint density at radius 2 is 2.00 bits per heavy atom. The van der Waals surface area contributed by atoms with Crippen molar-refractivity contribution in [2.45, 2.75) is 0 Å². The molecule has 0 aliphatic heterocycles. The number of carboxylic acid groups (broad SMARTS) is 1. The van der Waals surface area contributed by atoms with Crippen LogP contribution in [0, 0.1) is 0 Å². The van der Waals surface area contributed by atoms with Crippen LogP contribution in [0.15, 0.2) is 63.1 Å². The van der Waals surface area contributed by atoms with Crippen molar-refractivity contribution < 1.29 is 19.4 Å². The van der Waals surface area contributed by atoms with Gasteiger partial charge in [0.05, 0.1) is 16.8 Å². The van der Waals surface area contributed by atoms with Crippen molar-refractivity contribution in [1.29, 1.82) is 0 Å². The predicted molar refractivity (Wildman–Crippen MR) is 99.7 cm³/mol. The number of rotatable bonds is 4. The van der Waals surface area contributed by atoms with Gasteiger partial charge in [-0.3, -0.25) is 0 Å². The second-order valence-corrected chi connectivity index (χ2v) is 6.52. The Bertz CT molecular complexity index is 1230. The highest BCUT2D eigenvalue weighted by molar-refractivity contribution is 7.14. The SMILES string of the molecule is O=C(O)c1ccc(Nc2nc(-c3cc4ccccc4oc3=O)cs2)cc1[O-]. The maximum Gasteiger partial charge on any atom is 0.345 e. The minimum atomic E-state index is -1.27. The number of aromatic carboxylic acids is 1. The summed E-state index contributed by atoms with van der Waals surface area (Å²) >= 11 is 1.25. The number of aromatic nitrogens is 1. The van der Waals surface area contributed by atoms with Crippen molar-refractivity contribution in [3.8, 4) is 17.0 Å². The zero-order valence-electron chi connectivity index (χ0n) is 13.6. The lowest BCUT2D eigenvalue weighted by atomic mass is 10.1. The first-order valence-corrected chi connectivity index (χ1v) is 8.69. The molecule has 4 aromatic rings. The van der Waals surface area contributed by atoms with E-state index >= 15 is 0 Å². The molecule has 7 nitrogen and oxygen atoms in total. The standard InChI is InChI=1S/C19H12N2O5S/c22-15-8-11(5-6-12(15)17(23)24)20-19-21-14(9-27-19)13-7-10-3-1-2-4-16(10)26-18(13)25/h1-9,22H,(H,20,21)(H,23,24)/p-1. The van der Waals surface area contributed by atoms with Gasteiger partial charge < -0.3 is 19.9 Å². The fraction of sp³-hybridized carbons (Fsp3) is 0. The Kier molecular flexibility index (Phi) is 4.09. The van der Waals surface area contributed by atoms with Crippen LogP contribution in [-0.4, -0.2) is 16.1 Å². The molecule has 0 bridgehead atoms. The highest BCUT2D eigenvalue weighted by Crippen LogP contribution is 2.28. The third-order valence-corrected chi connectivity index (χ3v) is 4.64. The van der Waals surface area contributed by atoms with Crippen LogP contribution in [0.1, 0.15) is 10.4 Å². The lowest BCUT2D eigenvalue weighted by Gasteiger charge is -2.12. The van der Waals surface area contributed by atoms with Gasteiger partial charge in [0.1, 0.15) is 5.58 Å². The molecule has 4 rings (SSSR count). The first-order chi connectivity index (χ1) is 13.0. The van der Waals surface area contributed by atoms with Gasteiger partial charge in [0.15, 0.2) is 5.13 Å². The van der Waals surface area contributed by atoms with Crippen molar-refractivity contribution in [3.63, 3.8) is 0 Å². The lowest BCUT2D eigenvalue weighted by molar-refractivity contribution is -0.268. The fourth-order valence-electron chi connectivity index (χ4n) is 2.60. The van der Waals surface area contributed by atoms with Crippen LogP contribution in [0.25, 0.3) is 22.2 Å². The third-order valence-electron chi connectivity index (χ3n) is 3.88. The lowest BCUT2D eigenvalue weighted by Crippen LogP contribution is -2.04. The maximum absolute atomic E-state index is 12.2. The van der Waals surface area contributed by atoms with Crippen LogP contribution < -0.4 is 16.0 Å². The fourth-order valence-corrected chi connectivity index (χ4v) is 3.33. The van der Waals surface area contributed by atoms with E-state index in [4.69, 9.17) is 9.52 Å². The number of nitrogens with zero attached hydrogens (tertiary/aromatic N) is 1. The van der Waals surface area contributed by atoms with Crippen molar-refractivity contribution in [2.24, 2.45) is 0 Å². The quantitative estimate of drug-likeness (QED) is 0.522. The van der Waals surface area contributed by atoms with Crippen molar-refractivity contribution in [1.82, 2.24) is 4.98 Å². The number of benzene rings is 2. The van der Waals surface area contributed by atoms with E-state index in [0.717, 1.165) is 5.39 Å². The maximum atomic E-state index is 12.2. The molecule has 134 valence electrons. The van der Waals surface area contributed by atoms with E-state index in [1.54, 1.807) is 23.6 Å². The molecule has 2 N–H and O–H groups in total. The molecule has 0 radical (unpaired) electrons. The summed E-state index contributed by atoms with van der Waals surface area (Å²) in [5.74, 6) is -1.87. The number of para-hydroxylation sites is 1. The summed E-state index contributed by atoms with van der Waals surface area (Å²) in [7, 11) is 0. The molecular weight excluding hydrogens is 368 g/mol. The van der Waals surface area contributed by atoms with Crippen LogP contribution in [0.4, 0.5) is 10.8 Å². The molecule has 0 spiro atoms. The molecule has 2 aromatic heterocycles. The van der Waals surface area contributed by atoms with Crippen molar-refractivity contribution in [2.75, 3.05) is 5.32 Å². The summed E-state index contributed by atoms with van der Waals surface area (Å²) in [6, 6.07) is 12.8. The largest absolute Gasteiger partial charge is 0.872 e. The molecule has 0 aliphatic carbocycles. The molecule has 8 heteroatoms. The predicted octanol–water partition coefficient (Wildman–Crippen LogP) is 3.43. The summed E-state index contributed by atoms with van der Waals surface area (Å²) in [6.07, 6.45) is 0. The van der Waals surface area contributed by atoms with Gasteiger partial charge in [-0.1, -0.05) is 23.9 Å². The number of carbonyl (C=O) groups is 1. The molecule has 0 aliphatic rings. The number of fused-ring (bicyclic) bond motifs is 1. The average Bonchev–Trinajstić information content (AvgIpc) is 3.09. The number of thiazole rings is 1. The topological polar surface area (TPSA) is 115 Å². The Morgan fingerprint density at radius 1 is 1.19 bits per heavy atom. The average molecular weight is 379 g/mol. The minimum absolute atomic E-state index is 0.297. The van der Waals surface area contributed by atoms with Gasteiger partial charge in [-0.05, 0) is 30.3 Å². The highest BCUT2D eigenvalue weighted by atomic mass is 32.1. The molecule has 2 aromatic carbocycles. The first-order valence-electron chi connectivity index (χ1n) is 7.81. The van der Waals surface area contributed by atoms with E-state index in [9.17, 15) is 14.7 Å². The van der Waals surface area contributed by atoms with Gasteiger partial charge in [0, 0.05) is 16.5 Å². The Labute approximate surface area is 156 Å². The van der Waals surface area contributed by atoms with Crippen LogP contribution in [0.5, 0.6) is 5.75 Å². The summed E-state index contributed by atoms with van der Waals surface area (Å²) < 4.78 is 5.32. The molecule has 2 heterocycles. The van der Waals surface area contributed by atoms with Crippen molar-refractivity contribution in [3.05, 3.63) is 69.9 Å². The Hall–Kier alpha value is -3.65. The van der Waals surface area contributed by atoms with E-state index in [1.165, 1.54) is 29.5 Å². The second kappa shape index (κ2) is 6.58. The highest BCUT2D eigenvalue weighted by Gasteiger charge is 2.12. The van der Waals surface area contributed by atoms with Crippen LogP contribution in [-0.2, 0) is 0 Å². The Morgan fingerprint density at radius 3 is 2.78 bits per heavy atom. The number of nitrogens with one attached hydrogen (secondary N) is 1. The van der Waals surface area contributed by atoms with E-state index in [1.807, 2.05) is 12.1 Å². The zero-order valence-corrected chi connectivity index (χ0v) is 14.4. The normalized spacial score (nSPS) is 10.8. The summed E-state index contributed by atoms with van der Waals surface area (Å²) in [5.41, 5.74) is 0.917. The zero-order chi connectivity index (χ0) is 19.0. The van der Waals surface area contributed by atoms with Gasteiger partial charge in [-0.25, -0.2) is 14.6 Å². The number of anilines is 2. The molecule has 0 saturated carbocycles. The van der Waals surface area contributed by atoms with E-state index in [2.05, 4.69) is 10.3 Å². The summed E-state index contributed by atoms with van der Waals surface area (Å²) in [6.45, 7) is 0. The van der Waals surface area contributed by atoms with E-state index in [0.29, 0.717) is 27.7 Å². The monoisotopic (exact) mass is 379 g/mol. The van der Waals surface area contributed by atoms with E-state index < -0.39 is 17.3 Å². The van der Waals surface area contributed by atoms with Gasteiger partial charge in [-0.15, -0.1) is 11.3 Å². The number of hydrogen-bond acceptors (Lipinski definition) is 7. The molecule has 27 heavy (non-hydrogen) atoms. The molecule has 0 unspecified atom stereocenters. The number of carboxylic acids is 1. The van der Waals surface area contributed by atoms with Gasteiger partial charge in [0.25, 0.3) is 0 Å². The molecular formula is C19H11N2O5S-. The van der Waals surface area contributed by atoms with Crippen LogP contribution in [0.2, 0.25) is 0 Å². The van der Waals surface area contributed by atoms with Gasteiger partial charge in [0.2, 0.25) is 0 Å². The molecule has 0 saturated heterocycles. The first kappa shape index (κ1) is 16.8. The van der Waals surface area contributed by atoms with E-state index in [-0.39, 0.29) is 5.56 Å². The molecule has 0 amide bonds. The van der Waals surface area contributed by atoms with Gasteiger partial charge >= 0.3 is 11.6 Å². The molecule has 0 fully saturated rings. The van der Waals surface area contributed by atoms with Crippen LogP contribution in [0.3, 0.4) is 0 Å². The molecule has 0 atom stereocenters. The van der Waals surface area contributed by atoms with Crippen molar-refractivity contribution >= 4 is 39.1 Å². The summed E-state index contributed by atoms with van der Waals surface area (Å²) in [4.78, 5) is 27.5.